The predicted molar refractivity (Wildman–Crippen MR) is 109 cm³/mol. The van der Waals surface area contributed by atoms with E-state index in [1.54, 1.807) is 0 Å². The monoisotopic (exact) mass is 425 g/mol. The van der Waals surface area contributed by atoms with Crippen LogP contribution in [0.1, 0.15) is 72.3 Å². The Hall–Kier alpha value is -1.23. The van der Waals surface area contributed by atoms with Crippen LogP contribution < -0.4 is 4.74 Å². The van der Waals surface area contributed by atoms with Gasteiger partial charge in [-0.3, -0.25) is 0 Å². The molecule has 1 aliphatic carbocycles. The van der Waals surface area contributed by atoms with Gasteiger partial charge in [-0.2, -0.15) is 0 Å². The van der Waals surface area contributed by atoms with Gasteiger partial charge in [0.1, 0.15) is 11.4 Å². The maximum Gasteiger partial charge on any atom is 0.410 e. The Labute approximate surface area is 166 Å². The molecule has 0 aliphatic heterocycles. The van der Waals surface area contributed by atoms with Crippen LogP contribution in [0.2, 0.25) is 0 Å². The molecule has 0 aromatic heterocycles. The third-order valence-corrected chi connectivity index (χ3v) is 5.15. The first kappa shape index (κ1) is 21.1. The van der Waals surface area contributed by atoms with Crippen molar-refractivity contribution in [2.45, 2.75) is 91.0 Å². The molecule has 0 spiro atoms. The van der Waals surface area contributed by atoms with Crippen molar-refractivity contribution < 1.29 is 14.3 Å². The largest absolute Gasteiger partial charge is 0.491 e. The van der Waals surface area contributed by atoms with Crippen LogP contribution in [0.15, 0.2) is 22.7 Å². The third-order valence-electron chi connectivity index (χ3n) is 4.41. The second kappa shape index (κ2) is 9.12. The molecule has 0 heterocycles. The van der Waals surface area contributed by atoms with Crippen molar-refractivity contribution >= 4 is 22.0 Å². The number of rotatable bonds is 5. The molecule has 1 aromatic carbocycles. The van der Waals surface area contributed by atoms with Gasteiger partial charge in [0.05, 0.1) is 12.6 Å². The molecule has 0 bridgehead atoms. The van der Waals surface area contributed by atoms with Crippen LogP contribution in [-0.4, -0.2) is 28.7 Å². The van der Waals surface area contributed by atoms with E-state index in [4.69, 9.17) is 9.47 Å². The molecule has 1 amide bonds. The summed E-state index contributed by atoms with van der Waals surface area (Å²) in [6.45, 7) is 10.2. The number of hydrogen-bond donors (Lipinski definition) is 0. The second-order valence-electron chi connectivity index (χ2n) is 8.28. The standard InChI is InChI=1S/C21H32BrNO3/c1-15(2)25-19-13-9-12-18(22)17(19)14-23(16-10-7-6-8-11-16)20(24)26-21(3,4)5/h9,12-13,15-16H,6-8,10-11,14H2,1-5H3. The summed E-state index contributed by atoms with van der Waals surface area (Å²) in [6.07, 6.45) is 5.47. The van der Waals surface area contributed by atoms with Crippen molar-refractivity contribution in [2.75, 3.05) is 0 Å². The quantitative estimate of drug-likeness (QED) is 0.554. The summed E-state index contributed by atoms with van der Waals surface area (Å²) in [6, 6.07) is 6.15. The lowest BCUT2D eigenvalue weighted by Crippen LogP contribution is -2.44. The average molecular weight is 426 g/mol. The highest BCUT2D eigenvalue weighted by Crippen LogP contribution is 2.32. The number of hydrogen-bond acceptors (Lipinski definition) is 3. The lowest BCUT2D eigenvalue weighted by Gasteiger charge is -2.36. The van der Waals surface area contributed by atoms with Crippen molar-refractivity contribution in [3.63, 3.8) is 0 Å². The van der Waals surface area contributed by atoms with Crippen LogP contribution in [-0.2, 0) is 11.3 Å². The van der Waals surface area contributed by atoms with E-state index in [1.165, 1.54) is 6.42 Å². The van der Waals surface area contributed by atoms with Gasteiger partial charge >= 0.3 is 6.09 Å². The van der Waals surface area contributed by atoms with Crippen LogP contribution in [0.3, 0.4) is 0 Å². The summed E-state index contributed by atoms with van der Waals surface area (Å²) in [5, 5.41) is 0. The molecule has 1 aromatic rings. The Morgan fingerprint density at radius 1 is 1.23 bits per heavy atom. The van der Waals surface area contributed by atoms with Crippen LogP contribution in [0.4, 0.5) is 4.79 Å². The summed E-state index contributed by atoms with van der Waals surface area (Å²) in [7, 11) is 0. The molecule has 0 atom stereocenters. The van der Waals surface area contributed by atoms with Gasteiger partial charge in [0.25, 0.3) is 0 Å². The number of benzene rings is 1. The number of nitrogens with zero attached hydrogens (tertiary/aromatic N) is 1. The van der Waals surface area contributed by atoms with Gasteiger partial charge in [-0.25, -0.2) is 4.79 Å². The maximum atomic E-state index is 13.0. The molecule has 1 fully saturated rings. The molecule has 0 N–H and O–H groups in total. The lowest BCUT2D eigenvalue weighted by atomic mass is 9.94. The fraction of sp³-hybridized carbons (Fsp3) is 0.667. The minimum Gasteiger partial charge on any atom is -0.491 e. The zero-order chi connectivity index (χ0) is 19.3. The maximum absolute atomic E-state index is 13.0. The van der Waals surface area contributed by atoms with E-state index >= 15 is 0 Å². The number of halogens is 1. The zero-order valence-corrected chi connectivity index (χ0v) is 18.3. The Balaban J connectivity index is 2.30. The smallest absolute Gasteiger partial charge is 0.410 e. The van der Waals surface area contributed by atoms with Gasteiger partial charge in [-0.1, -0.05) is 41.3 Å². The Morgan fingerprint density at radius 2 is 1.88 bits per heavy atom. The number of carbonyl (C=O) groups is 1. The second-order valence-corrected chi connectivity index (χ2v) is 9.14. The van der Waals surface area contributed by atoms with E-state index < -0.39 is 5.60 Å². The predicted octanol–water partition coefficient (Wildman–Crippen LogP) is 6.31. The molecular formula is C21H32BrNO3. The van der Waals surface area contributed by atoms with Gasteiger partial charge in [0, 0.05) is 16.1 Å². The van der Waals surface area contributed by atoms with E-state index in [-0.39, 0.29) is 18.2 Å². The Kier molecular flexibility index (Phi) is 7.39. The summed E-state index contributed by atoms with van der Waals surface area (Å²) in [4.78, 5) is 14.9. The summed E-state index contributed by atoms with van der Waals surface area (Å²) in [5.41, 5.74) is 0.493. The van der Waals surface area contributed by atoms with Crippen LogP contribution in [0, 0.1) is 0 Å². The Morgan fingerprint density at radius 3 is 2.46 bits per heavy atom. The normalized spacial score (nSPS) is 15.8. The molecule has 5 heteroatoms. The fourth-order valence-electron chi connectivity index (χ4n) is 3.28. The molecule has 0 unspecified atom stereocenters. The Bertz CT molecular complexity index is 604. The SMILES string of the molecule is CC(C)Oc1cccc(Br)c1CN(C(=O)OC(C)(C)C)C1CCCCC1. The third kappa shape index (κ3) is 6.19. The van der Waals surface area contributed by atoms with Crippen LogP contribution in [0.5, 0.6) is 5.75 Å². The summed E-state index contributed by atoms with van der Waals surface area (Å²) < 4.78 is 12.7. The first-order chi connectivity index (χ1) is 12.2. The number of ether oxygens (including phenoxy) is 2. The van der Waals surface area contributed by atoms with Gasteiger partial charge in [-0.15, -0.1) is 0 Å². The van der Waals surface area contributed by atoms with Gasteiger partial charge in [0.15, 0.2) is 0 Å². The van der Waals surface area contributed by atoms with Crippen LogP contribution in [0.25, 0.3) is 0 Å². The van der Waals surface area contributed by atoms with Crippen molar-refractivity contribution in [3.05, 3.63) is 28.2 Å². The minimum absolute atomic E-state index is 0.0766. The lowest BCUT2D eigenvalue weighted by molar-refractivity contribution is 0.00963. The van der Waals surface area contributed by atoms with E-state index in [0.29, 0.717) is 6.54 Å². The molecule has 146 valence electrons. The molecule has 2 rings (SSSR count). The van der Waals surface area contributed by atoms with Crippen molar-refractivity contribution in [1.82, 2.24) is 4.90 Å². The first-order valence-corrected chi connectivity index (χ1v) is 10.4. The van der Waals surface area contributed by atoms with E-state index in [0.717, 1.165) is 41.5 Å². The van der Waals surface area contributed by atoms with Crippen molar-refractivity contribution in [2.24, 2.45) is 0 Å². The fourth-order valence-corrected chi connectivity index (χ4v) is 3.76. The number of carbonyl (C=O) groups excluding carboxylic acids is 1. The van der Waals surface area contributed by atoms with E-state index in [2.05, 4.69) is 15.9 Å². The number of amides is 1. The zero-order valence-electron chi connectivity index (χ0n) is 16.7. The van der Waals surface area contributed by atoms with E-state index in [1.807, 2.05) is 57.7 Å². The highest BCUT2D eigenvalue weighted by atomic mass is 79.9. The summed E-state index contributed by atoms with van der Waals surface area (Å²) in [5.74, 6) is 0.818. The molecule has 4 nitrogen and oxygen atoms in total. The minimum atomic E-state index is -0.505. The highest BCUT2D eigenvalue weighted by molar-refractivity contribution is 9.10. The van der Waals surface area contributed by atoms with Crippen molar-refractivity contribution in [1.29, 1.82) is 0 Å². The van der Waals surface area contributed by atoms with E-state index in [9.17, 15) is 4.79 Å². The molecule has 0 saturated heterocycles. The topological polar surface area (TPSA) is 38.8 Å². The molecule has 0 radical (unpaired) electrons. The summed E-state index contributed by atoms with van der Waals surface area (Å²) >= 11 is 3.64. The molecule has 26 heavy (non-hydrogen) atoms. The van der Waals surface area contributed by atoms with Crippen molar-refractivity contribution in [3.8, 4) is 5.75 Å². The molecule has 1 aliphatic rings. The van der Waals surface area contributed by atoms with Gasteiger partial charge in [-0.05, 0) is 59.6 Å². The molecule has 1 saturated carbocycles. The first-order valence-electron chi connectivity index (χ1n) is 9.61. The van der Waals surface area contributed by atoms with Crippen LogP contribution >= 0.6 is 15.9 Å². The average Bonchev–Trinajstić information content (AvgIpc) is 2.53. The van der Waals surface area contributed by atoms with Gasteiger partial charge in [0.2, 0.25) is 0 Å². The van der Waals surface area contributed by atoms with Gasteiger partial charge < -0.3 is 14.4 Å². The highest BCUT2D eigenvalue weighted by Gasteiger charge is 2.30. The molecular weight excluding hydrogens is 394 g/mol.